The Bertz CT molecular complexity index is 934. The zero-order chi connectivity index (χ0) is 20.2. The van der Waals surface area contributed by atoms with E-state index in [9.17, 15) is 8.42 Å². The molecule has 2 rings (SSSR count). The van der Waals surface area contributed by atoms with Crippen LogP contribution in [0.3, 0.4) is 0 Å². The first-order valence-electron chi connectivity index (χ1n) is 9.85. The van der Waals surface area contributed by atoms with Crippen molar-refractivity contribution in [2.75, 3.05) is 18.8 Å². The highest BCUT2D eigenvalue weighted by atomic mass is 32.2. The van der Waals surface area contributed by atoms with E-state index in [2.05, 4.69) is 71.3 Å². The van der Waals surface area contributed by atoms with E-state index < -0.39 is 10.0 Å². The van der Waals surface area contributed by atoms with Gasteiger partial charge in [0, 0.05) is 25.6 Å². The second-order valence-corrected chi connectivity index (χ2v) is 8.66. The SMILES string of the molecule is CCCCS(=O)(=O)NCCC#CC=CCN[C@H](C)c1cccc2ccccc12. The molecule has 0 saturated carbocycles. The Hall–Kier alpha value is -2.13. The molecule has 0 radical (unpaired) electrons. The van der Waals surface area contributed by atoms with Gasteiger partial charge in [0.25, 0.3) is 0 Å². The zero-order valence-electron chi connectivity index (χ0n) is 16.7. The van der Waals surface area contributed by atoms with E-state index in [1.807, 2.05) is 19.1 Å². The van der Waals surface area contributed by atoms with Crippen LogP contribution in [-0.4, -0.2) is 27.3 Å². The number of rotatable bonds is 10. The highest BCUT2D eigenvalue weighted by Gasteiger charge is 2.08. The minimum Gasteiger partial charge on any atom is -0.307 e. The predicted molar refractivity (Wildman–Crippen MR) is 119 cm³/mol. The van der Waals surface area contributed by atoms with Gasteiger partial charge in [-0.05, 0) is 35.8 Å². The van der Waals surface area contributed by atoms with Crippen molar-refractivity contribution in [1.82, 2.24) is 10.0 Å². The van der Waals surface area contributed by atoms with Gasteiger partial charge in [0.15, 0.2) is 0 Å². The summed E-state index contributed by atoms with van der Waals surface area (Å²) in [6.45, 7) is 5.23. The van der Waals surface area contributed by atoms with E-state index in [1.165, 1.54) is 16.3 Å². The Labute approximate surface area is 169 Å². The van der Waals surface area contributed by atoms with E-state index in [1.54, 1.807) is 0 Å². The topological polar surface area (TPSA) is 58.2 Å². The lowest BCUT2D eigenvalue weighted by Crippen LogP contribution is -2.27. The number of nitrogens with one attached hydrogen (secondary N) is 2. The van der Waals surface area contributed by atoms with Crippen LogP contribution in [-0.2, 0) is 10.0 Å². The van der Waals surface area contributed by atoms with Crippen LogP contribution in [0.5, 0.6) is 0 Å². The van der Waals surface area contributed by atoms with E-state index >= 15 is 0 Å². The van der Waals surface area contributed by atoms with Crippen LogP contribution >= 0.6 is 0 Å². The Morgan fingerprint density at radius 3 is 2.75 bits per heavy atom. The van der Waals surface area contributed by atoms with Crippen LogP contribution in [0.15, 0.2) is 54.6 Å². The third-order valence-corrected chi connectivity index (χ3v) is 5.94. The number of fused-ring (bicyclic) bond motifs is 1. The van der Waals surface area contributed by atoms with Crippen molar-refractivity contribution in [3.8, 4) is 11.8 Å². The summed E-state index contributed by atoms with van der Waals surface area (Å²) in [6.07, 6.45) is 5.87. The number of unbranched alkanes of at least 4 members (excludes halogenated alkanes) is 1. The lowest BCUT2D eigenvalue weighted by atomic mass is 10.00. The van der Waals surface area contributed by atoms with Gasteiger partial charge in [-0.1, -0.05) is 73.7 Å². The summed E-state index contributed by atoms with van der Waals surface area (Å²) < 4.78 is 25.9. The number of sulfonamides is 1. The molecule has 0 aliphatic carbocycles. The molecule has 0 aromatic heterocycles. The van der Waals surface area contributed by atoms with E-state index in [-0.39, 0.29) is 11.8 Å². The highest BCUT2D eigenvalue weighted by Crippen LogP contribution is 2.23. The first kappa shape index (κ1) is 22.2. The summed E-state index contributed by atoms with van der Waals surface area (Å²) in [4.78, 5) is 0. The van der Waals surface area contributed by atoms with E-state index in [0.717, 1.165) is 13.0 Å². The molecular weight excluding hydrogens is 368 g/mol. The maximum absolute atomic E-state index is 11.6. The molecule has 2 aromatic carbocycles. The molecule has 0 aliphatic heterocycles. The predicted octanol–water partition coefficient (Wildman–Crippen LogP) is 4.16. The van der Waals surface area contributed by atoms with Gasteiger partial charge >= 0.3 is 0 Å². The minimum absolute atomic E-state index is 0.192. The van der Waals surface area contributed by atoms with Crippen LogP contribution in [0.25, 0.3) is 10.8 Å². The average molecular weight is 399 g/mol. The Morgan fingerprint density at radius 1 is 1.14 bits per heavy atom. The van der Waals surface area contributed by atoms with Gasteiger partial charge in [0.05, 0.1) is 5.75 Å². The molecule has 150 valence electrons. The number of benzene rings is 2. The van der Waals surface area contributed by atoms with Crippen molar-refractivity contribution < 1.29 is 8.42 Å². The summed E-state index contributed by atoms with van der Waals surface area (Å²) in [7, 11) is -3.14. The van der Waals surface area contributed by atoms with Gasteiger partial charge in [-0.2, -0.15) is 0 Å². The molecule has 0 spiro atoms. The molecule has 0 aliphatic rings. The van der Waals surface area contributed by atoms with Gasteiger partial charge in [-0.25, -0.2) is 13.1 Å². The maximum atomic E-state index is 11.6. The Balaban J connectivity index is 1.72. The smallest absolute Gasteiger partial charge is 0.211 e. The molecule has 0 saturated heterocycles. The van der Waals surface area contributed by atoms with E-state index in [0.29, 0.717) is 19.4 Å². The lowest BCUT2D eigenvalue weighted by molar-refractivity contribution is 0.579. The van der Waals surface area contributed by atoms with Gasteiger partial charge in [0.1, 0.15) is 0 Å². The molecule has 1 atom stereocenters. The fourth-order valence-electron chi connectivity index (χ4n) is 2.91. The van der Waals surface area contributed by atoms with Crippen LogP contribution in [0.2, 0.25) is 0 Å². The number of hydrogen-bond donors (Lipinski definition) is 2. The van der Waals surface area contributed by atoms with Gasteiger partial charge < -0.3 is 5.32 Å². The van der Waals surface area contributed by atoms with Gasteiger partial charge in [-0.15, -0.1) is 0 Å². The lowest BCUT2D eigenvalue weighted by Gasteiger charge is -2.15. The van der Waals surface area contributed by atoms with Crippen LogP contribution in [0.1, 0.15) is 44.7 Å². The standard InChI is InChI=1S/C23H30N2O2S/c1-3-4-19-28(26,27)25-18-11-7-5-6-10-17-24-20(2)22-16-12-14-21-13-8-9-15-23(21)22/h6,8-10,12-16,20,24-25H,3-4,11,17-19H2,1-2H3/t20-/m1/s1. The first-order valence-corrected chi connectivity index (χ1v) is 11.5. The molecule has 0 bridgehead atoms. The Morgan fingerprint density at radius 2 is 1.93 bits per heavy atom. The van der Waals surface area contributed by atoms with Crippen molar-refractivity contribution in [2.45, 2.75) is 39.2 Å². The summed E-state index contributed by atoms with van der Waals surface area (Å²) in [5, 5.41) is 6.01. The number of hydrogen-bond acceptors (Lipinski definition) is 3. The highest BCUT2D eigenvalue weighted by molar-refractivity contribution is 7.89. The molecule has 0 heterocycles. The second kappa shape index (κ2) is 11.7. The first-order chi connectivity index (χ1) is 13.5. The third kappa shape index (κ3) is 7.47. The largest absolute Gasteiger partial charge is 0.307 e. The van der Waals surface area contributed by atoms with Crippen molar-refractivity contribution in [3.05, 3.63) is 60.2 Å². The summed E-state index contributed by atoms with van der Waals surface area (Å²) in [5.74, 6) is 6.11. The fourth-order valence-corrected chi connectivity index (χ4v) is 4.13. The van der Waals surface area contributed by atoms with Crippen molar-refractivity contribution >= 4 is 20.8 Å². The number of allylic oxidation sites excluding steroid dienone is 1. The maximum Gasteiger partial charge on any atom is 0.211 e. The third-order valence-electron chi connectivity index (χ3n) is 4.47. The molecule has 28 heavy (non-hydrogen) atoms. The molecule has 0 fully saturated rings. The van der Waals surface area contributed by atoms with Crippen LogP contribution in [0, 0.1) is 11.8 Å². The summed E-state index contributed by atoms with van der Waals surface area (Å²) >= 11 is 0. The summed E-state index contributed by atoms with van der Waals surface area (Å²) in [5.41, 5.74) is 1.29. The Kier molecular flexibility index (Phi) is 9.22. The van der Waals surface area contributed by atoms with Gasteiger partial charge in [0.2, 0.25) is 10.0 Å². The van der Waals surface area contributed by atoms with Crippen molar-refractivity contribution in [3.63, 3.8) is 0 Å². The fraction of sp³-hybridized carbons (Fsp3) is 0.391. The zero-order valence-corrected chi connectivity index (χ0v) is 17.6. The molecule has 4 nitrogen and oxygen atoms in total. The second-order valence-electron chi connectivity index (χ2n) is 6.74. The average Bonchev–Trinajstić information content (AvgIpc) is 2.70. The van der Waals surface area contributed by atoms with Crippen molar-refractivity contribution in [2.24, 2.45) is 0 Å². The van der Waals surface area contributed by atoms with E-state index in [4.69, 9.17) is 0 Å². The molecule has 0 amide bonds. The molecular formula is C23H30N2O2S. The quantitative estimate of drug-likeness (QED) is 0.467. The van der Waals surface area contributed by atoms with Crippen molar-refractivity contribution in [1.29, 1.82) is 0 Å². The molecule has 0 unspecified atom stereocenters. The molecule has 5 heteroatoms. The normalized spacial score (nSPS) is 12.8. The monoisotopic (exact) mass is 398 g/mol. The minimum atomic E-state index is -3.14. The van der Waals surface area contributed by atoms with Crippen LogP contribution in [0.4, 0.5) is 0 Å². The molecule has 2 aromatic rings. The van der Waals surface area contributed by atoms with Gasteiger partial charge in [-0.3, -0.25) is 0 Å². The molecule has 2 N–H and O–H groups in total. The summed E-state index contributed by atoms with van der Waals surface area (Å²) in [6, 6.07) is 15.0. The van der Waals surface area contributed by atoms with Crippen LogP contribution < -0.4 is 10.0 Å².